The number of fused-ring (bicyclic) bond motifs is 1. The van der Waals surface area contributed by atoms with Crippen molar-refractivity contribution in [3.8, 4) is 5.75 Å². The Morgan fingerprint density at radius 2 is 2.03 bits per heavy atom. The summed E-state index contributed by atoms with van der Waals surface area (Å²) in [6.45, 7) is 0.993. The molecular formula is C25H29N3O3. The molecule has 1 aliphatic rings. The van der Waals surface area contributed by atoms with Gasteiger partial charge in [-0.2, -0.15) is 0 Å². The minimum Gasteiger partial charge on any atom is -0.497 e. The zero-order valence-electron chi connectivity index (χ0n) is 17.9. The fraction of sp³-hybridized carbons (Fsp3) is 0.360. The second-order valence-electron chi connectivity index (χ2n) is 8.04. The molecule has 1 unspecified atom stereocenters. The van der Waals surface area contributed by atoms with Crippen LogP contribution in [0.2, 0.25) is 0 Å². The van der Waals surface area contributed by atoms with E-state index in [-0.39, 0.29) is 11.8 Å². The second kappa shape index (κ2) is 9.69. The molecule has 1 saturated heterocycles. The van der Waals surface area contributed by atoms with Gasteiger partial charge in [0.05, 0.1) is 7.11 Å². The highest BCUT2D eigenvalue weighted by Gasteiger charge is 2.31. The summed E-state index contributed by atoms with van der Waals surface area (Å²) in [5, 5.41) is 4.17. The highest BCUT2D eigenvalue weighted by Crippen LogP contribution is 2.24. The number of carbonyl (C=O) groups excluding carboxylic acids is 2. The Balaban J connectivity index is 1.42. The molecule has 0 aliphatic carbocycles. The first-order chi connectivity index (χ1) is 15.2. The molecular weight excluding hydrogens is 390 g/mol. The van der Waals surface area contributed by atoms with E-state index in [1.165, 1.54) is 0 Å². The molecule has 2 heterocycles. The van der Waals surface area contributed by atoms with Gasteiger partial charge in [-0.25, -0.2) is 0 Å². The van der Waals surface area contributed by atoms with E-state index in [0.29, 0.717) is 32.4 Å². The number of nitrogens with zero attached hydrogens (tertiary/aromatic N) is 1. The molecule has 1 aliphatic heterocycles. The lowest BCUT2D eigenvalue weighted by molar-refractivity contribution is -0.140. The van der Waals surface area contributed by atoms with E-state index >= 15 is 0 Å². The van der Waals surface area contributed by atoms with E-state index < -0.39 is 6.04 Å². The minimum atomic E-state index is -0.418. The van der Waals surface area contributed by atoms with Crippen molar-refractivity contribution >= 4 is 22.7 Å². The van der Waals surface area contributed by atoms with Gasteiger partial charge in [-0.15, -0.1) is 0 Å². The molecule has 0 bridgehead atoms. The molecule has 31 heavy (non-hydrogen) atoms. The predicted molar refractivity (Wildman–Crippen MR) is 121 cm³/mol. The van der Waals surface area contributed by atoms with Crippen LogP contribution in [0.3, 0.4) is 0 Å². The number of nitrogens with one attached hydrogen (secondary N) is 2. The first-order valence-corrected chi connectivity index (χ1v) is 10.9. The maximum atomic E-state index is 13.1. The predicted octanol–water partition coefficient (Wildman–Crippen LogP) is 3.81. The first-order valence-electron chi connectivity index (χ1n) is 10.9. The monoisotopic (exact) mass is 419 g/mol. The number of carbonyl (C=O) groups is 2. The van der Waals surface area contributed by atoms with Crippen LogP contribution in [0.4, 0.5) is 0 Å². The van der Waals surface area contributed by atoms with Gasteiger partial charge in [0.15, 0.2) is 0 Å². The van der Waals surface area contributed by atoms with Crippen LogP contribution in [-0.4, -0.2) is 41.4 Å². The van der Waals surface area contributed by atoms with Crippen molar-refractivity contribution in [3.05, 3.63) is 65.9 Å². The van der Waals surface area contributed by atoms with Gasteiger partial charge >= 0.3 is 0 Å². The quantitative estimate of drug-likeness (QED) is 0.612. The molecule has 2 amide bonds. The summed E-state index contributed by atoms with van der Waals surface area (Å²) in [5.41, 5.74) is 3.22. The van der Waals surface area contributed by atoms with E-state index in [1.807, 2.05) is 54.7 Å². The standard InChI is InChI=1S/C25H29N3O3/c1-31-20-11-12-22-21(15-20)19(16-27-22)13-14-26-25(30)23-9-5-6-10-24(29)28(23)17-18-7-3-2-4-8-18/h2-4,7-8,11-12,15-16,23,27H,5-6,9-10,13-14,17H2,1H3,(H,26,30). The van der Waals surface area contributed by atoms with Crippen molar-refractivity contribution in [1.82, 2.24) is 15.2 Å². The number of aromatic nitrogens is 1. The summed E-state index contributed by atoms with van der Waals surface area (Å²) in [5.74, 6) is 0.805. The third kappa shape index (κ3) is 4.90. The van der Waals surface area contributed by atoms with Crippen LogP contribution in [-0.2, 0) is 22.6 Å². The Bertz CT molecular complexity index is 1040. The number of methoxy groups -OCH3 is 1. The van der Waals surface area contributed by atoms with Crippen molar-refractivity contribution in [1.29, 1.82) is 0 Å². The summed E-state index contributed by atoms with van der Waals surface area (Å²) in [6.07, 6.45) is 5.62. The number of ether oxygens (including phenoxy) is 1. The summed E-state index contributed by atoms with van der Waals surface area (Å²) in [6, 6.07) is 15.4. The van der Waals surface area contributed by atoms with E-state index in [9.17, 15) is 9.59 Å². The van der Waals surface area contributed by atoms with Crippen LogP contribution < -0.4 is 10.1 Å². The third-order valence-corrected chi connectivity index (χ3v) is 5.98. The lowest BCUT2D eigenvalue weighted by Gasteiger charge is -2.29. The Labute approximate surface area is 182 Å². The van der Waals surface area contributed by atoms with Gasteiger partial charge in [0.25, 0.3) is 0 Å². The van der Waals surface area contributed by atoms with Gasteiger partial charge in [-0.3, -0.25) is 9.59 Å². The second-order valence-corrected chi connectivity index (χ2v) is 8.04. The molecule has 1 aromatic heterocycles. The van der Waals surface area contributed by atoms with Crippen molar-refractivity contribution in [2.24, 2.45) is 0 Å². The van der Waals surface area contributed by atoms with Gasteiger partial charge in [0.1, 0.15) is 11.8 Å². The lowest BCUT2D eigenvalue weighted by atomic mass is 10.1. The van der Waals surface area contributed by atoms with Crippen LogP contribution in [0.25, 0.3) is 10.9 Å². The van der Waals surface area contributed by atoms with Crippen molar-refractivity contribution in [2.75, 3.05) is 13.7 Å². The van der Waals surface area contributed by atoms with Gasteiger partial charge < -0.3 is 19.9 Å². The van der Waals surface area contributed by atoms with Gasteiger partial charge in [-0.05, 0) is 48.6 Å². The van der Waals surface area contributed by atoms with Crippen LogP contribution >= 0.6 is 0 Å². The number of benzene rings is 2. The van der Waals surface area contributed by atoms with E-state index in [0.717, 1.165) is 40.6 Å². The Morgan fingerprint density at radius 3 is 2.84 bits per heavy atom. The van der Waals surface area contributed by atoms with Crippen molar-refractivity contribution in [3.63, 3.8) is 0 Å². The average molecular weight is 420 g/mol. The number of H-pyrrole nitrogens is 1. The summed E-state index contributed by atoms with van der Waals surface area (Å²) < 4.78 is 5.33. The fourth-order valence-electron chi connectivity index (χ4n) is 4.27. The fourth-order valence-corrected chi connectivity index (χ4v) is 4.27. The molecule has 2 aromatic carbocycles. The normalized spacial score (nSPS) is 16.9. The average Bonchev–Trinajstić information content (AvgIpc) is 3.11. The molecule has 4 rings (SSSR count). The van der Waals surface area contributed by atoms with Crippen molar-refractivity contribution < 1.29 is 14.3 Å². The van der Waals surface area contributed by atoms with Gasteiger partial charge in [-0.1, -0.05) is 36.8 Å². The first kappa shape index (κ1) is 21.0. The lowest BCUT2D eigenvalue weighted by Crippen LogP contribution is -2.48. The smallest absolute Gasteiger partial charge is 0.242 e. The Morgan fingerprint density at radius 1 is 1.19 bits per heavy atom. The number of hydrogen-bond donors (Lipinski definition) is 2. The minimum absolute atomic E-state index is 0.0604. The summed E-state index contributed by atoms with van der Waals surface area (Å²) >= 11 is 0. The largest absolute Gasteiger partial charge is 0.497 e. The number of amides is 2. The van der Waals surface area contributed by atoms with Gasteiger partial charge in [0, 0.05) is 36.6 Å². The van der Waals surface area contributed by atoms with E-state index in [4.69, 9.17) is 4.74 Å². The SMILES string of the molecule is COc1ccc2[nH]cc(CCNC(=O)C3CCCCC(=O)N3Cc3ccccc3)c2c1. The number of aromatic amines is 1. The molecule has 1 atom stereocenters. The van der Waals surface area contributed by atoms with Crippen LogP contribution in [0, 0.1) is 0 Å². The molecule has 0 spiro atoms. The molecule has 0 saturated carbocycles. The summed E-state index contributed by atoms with van der Waals surface area (Å²) in [4.78, 5) is 30.8. The van der Waals surface area contributed by atoms with Crippen LogP contribution in [0.5, 0.6) is 5.75 Å². The molecule has 3 aromatic rings. The highest BCUT2D eigenvalue weighted by atomic mass is 16.5. The topological polar surface area (TPSA) is 74.4 Å². The van der Waals surface area contributed by atoms with Gasteiger partial charge in [0.2, 0.25) is 11.8 Å². The highest BCUT2D eigenvalue weighted by molar-refractivity contribution is 5.88. The molecule has 6 nitrogen and oxygen atoms in total. The number of likely N-dealkylation sites (tertiary alicyclic amines) is 1. The zero-order valence-corrected chi connectivity index (χ0v) is 17.9. The number of rotatable bonds is 7. The third-order valence-electron chi connectivity index (χ3n) is 5.98. The molecule has 6 heteroatoms. The van der Waals surface area contributed by atoms with E-state index in [1.54, 1.807) is 12.0 Å². The van der Waals surface area contributed by atoms with Crippen molar-refractivity contribution in [2.45, 2.75) is 44.7 Å². The summed E-state index contributed by atoms with van der Waals surface area (Å²) in [7, 11) is 1.66. The maximum absolute atomic E-state index is 13.1. The molecule has 0 radical (unpaired) electrons. The van der Waals surface area contributed by atoms with E-state index in [2.05, 4.69) is 10.3 Å². The Hall–Kier alpha value is -3.28. The molecule has 162 valence electrons. The number of hydrogen-bond acceptors (Lipinski definition) is 3. The zero-order chi connectivity index (χ0) is 21.6. The molecule has 2 N–H and O–H groups in total. The maximum Gasteiger partial charge on any atom is 0.242 e. The molecule has 1 fully saturated rings. The van der Waals surface area contributed by atoms with Crippen LogP contribution in [0.15, 0.2) is 54.7 Å². The van der Waals surface area contributed by atoms with Crippen LogP contribution in [0.1, 0.15) is 36.8 Å². The Kier molecular flexibility index (Phi) is 6.55.